The van der Waals surface area contributed by atoms with Crippen molar-refractivity contribution in [2.45, 2.75) is 0 Å². The lowest BCUT2D eigenvalue weighted by Gasteiger charge is -2.26. The Bertz CT molecular complexity index is 395. The van der Waals surface area contributed by atoms with E-state index in [9.17, 15) is 0 Å². The summed E-state index contributed by atoms with van der Waals surface area (Å²) in [6.45, 7) is 5.07. The predicted octanol–water partition coefficient (Wildman–Crippen LogP) is 1.07. The molecule has 4 heteroatoms. The summed E-state index contributed by atoms with van der Waals surface area (Å²) in [5.74, 6) is 0.730. The first-order chi connectivity index (χ1) is 8.38. The third kappa shape index (κ3) is 3.74. The molecule has 1 fully saturated rings. The van der Waals surface area contributed by atoms with E-state index in [4.69, 9.17) is 14.7 Å². The summed E-state index contributed by atoms with van der Waals surface area (Å²) < 4.78 is 10.9. The van der Waals surface area contributed by atoms with Crippen molar-refractivity contribution in [1.82, 2.24) is 4.90 Å². The Morgan fingerprint density at radius 2 is 2.29 bits per heavy atom. The molecule has 89 valence electrons. The summed E-state index contributed by atoms with van der Waals surface area (Å²) in [7, 11) is 0. The van der Waals surface area contributed by atoms with Gasteiger partial charge in [0.2, 0.25) is 0 Å². The molecule has 0 saturated carbocycles. The molecule has 0 atom stereocenters. The average molecular weight is 231 g/mol. The van der Waals surface area contributed by atoms with Crippen LogP contribution in [-0.4, -0.2) is 44.4 Å². The van der Waals surface area contributed by atoms with Crippen molar-refractivity contribution < 1.29 is 9.47 Å². The summed E-state index contributed by atoms with van der Waals surface area (Å²) in [6, 6.07) is 10.1. The van der Waals surface area contributed by atoms with Gasteiger partial charge in [0.15, 0.2) is 0 Å². The Labute approximate surface area is 101 Å². The van der Waals surface area contributed by atoms with E-state index < -0.39 is 0 Å². The van der Waals surface area contributed by atoms with Gasteiger partial charge in [-0.05, 0) is 18.2 Å². The molecule has 1 aliphatic rings. The first-order valence-electron chi connectivity index (χ1n) is 5.73. The van der Waals surface area contributed by atoms with Crippen LogP contribution < -0.4 is 4.74 Å². The lowest BCUT2D eigenvalue weighted by atomic mass is 10.2. The van der Waals surface area contributed by atoms with Crippen LogP contribution >= 0.6 is 0 Å². The highest BCUT2D eigenvalue weighted by Gasteiger charge is 2.09. The van der Waals surface area contributed by atoms with Crippen molar-refractivity contribution in [1.29, 1.82) is 5.26 Å². The lowest BCUT2D eigenvalue weighted by Crippen LogP contribution is -2.38. The molecule has 17 heavy (non-hydrogen) atoms. The maximum atomic E-state index is 8.73. The summed E-state index contributed by atoms with van der Waals surface area (Å²) in [5.41, 5.74) is 0.508. The molecule has 0 amide bonds. The maximum Gasteiger partial charge on any atom is 0.120 e. The summed E-state index contributed by atoms with van der Waals surface area (Å²) in [4.78, 5) is 2.31. The van der Waals surface area contributed by atoms with E-state index in [0.29, 0.717) is 12.2 Å². The van der Waals surface area contributed by atoms with Crippen LogP contribution in [0.3, 0.4) is 0 Å². The minimum absolute atomic E-state index is 0.508. The highest BCUT2D eigenvalue weighted by atomic mass is 16.5. The van der Waals surface area contributed by atoms with E-state index in [1.54, 1.807) is 12.1 Å². The molecule has 0 bridgehead atoms. The molecule has 1 aromatic rings. The van der Waals surface area contributed by atoms with Crippen molar-refractivity contribution in [2.24, 2.45) is 0 Å². The van der Waals surface area contributed by atoms with Gasteiger partial charge in [0.05, 0.1) is 24.8 Å². The summed E-state index contributed by atoms with van der Waals surface area (Å²) >= 11 is 0. The molecule has 2 rings (SSSR count). The van der Waals surface area contributed by atoms with Gasteiger partial charge in [-0.1, -0.05) is 0 Å². The zero-order chi connectivity index (χ0) is 11.9. The minimum atomic E-state index is 0.508. The Morgan fingerprint density at radius 3 is 3.06 bits per heavy atom. The number of hydrogen-bond acceptors (Lipinski definition) is 4. The van der Waals surface area contributed by atoms with Crippen LogP contribution in [0.25, 0.3) is 0 Å². The number of hydrogen-bond donors (Lipinski definition) is 0. The lowest BCUT2D eigenvalue weighted by molar-refractivity contribution is 0.0322. The van der Waals surface area contributed by atoms with Crippen molar-refractivity contribution >= 4 is 0 Å². The summed E-state index contributed by atoms with van der Waals surface area (Å²) in [6.07, 6.45) is 0. The number of rotatable bonds is 4. The third-order valence-corrected chi connectivity index (χ3v) is 2.67. The zero-order valence-electron chi connectivity index (χ0n) is 9.69. The second-order valence-electron chi connectivity index (χ2n) is 3.85. The normalized spacial score (nSPS) is 16.4. The van der Waals surface area contributed by atoms with Gasteiger partial charge in [0.1, 0.15) is 12.4 Å². The highest BCUT2D eigenvalue weighted by molar-refractivity contribution is 5.35. The standard InChI is InChI=1S/C13H15N2O2/c14-11-12-2-1-3-13(10-12)17-9-6-15-4-7-16-8-5-15/h1,3,10H,4-9H2. The smallest absolute Gasteiger partial charge is 0.120 e. The van der Waals surface area contributed by atoms with Crippen LogP contribution in [0.5, 0.6) is 5.75 Å². The molecular formula is C13H15N2O2. The molecule has 0 aliphatic carbocycles. The van der Waals surface area contributed by atoms with Crippen LogP contribution in [0, 0.1) is 17.4 Å². The second-order valence-corrected chi connectivity index (χ2v) is 3.85. The Morgan fingerprint density at radius 1 is 1.47 bits per heavy atom. The number of nitrogens with zero attached hydrogens (tertiary/aromatic N) is 2. The van der Waals surface area contributed by atoms with Gasteiger partial charge in [-0.15, -0.1) is 0 Å². The molecular weight excluding hydrogens is 216 g/mol. The van der Waals surface area contributed by atoms with E-state index in [1.807, 2.05) is 12.1 Å². The quantitative estimate of drug-likeness (QED) is 0.777. The third-order valence-electron chi connectivity index (χ3n) is 2.67. The molecule has 0 spiro atoms. The molecule has 1 saturated heterocycles. The number of benzene rings is 1. The van der Waals surface area contributed by atoms with E-state index in [0.717, 1.165) is 38.6 Å². The van der Waals surface area contributed by atoms with Gasteiger partial charge >= 0.3 is 0 Å². The topological polar surface area (TPSA) is 45.5 Å². The van der Waals surface area contributed by atoms with Crippen molar-refractivity contribution in [3.8, 4) is 11.8 Å². The number of nitriles is 1. The maximum absolute atomic E-state index is 8.73. The Kier molecular flexibility index (Phi) is 4.37. The SMILES string of the molecule is N#Cc1[c]ccc(OCCN2CCOCC2)c1. The van der Waals surface area contributed by atoms with Gasteiger partial charge < -0.3 is 9.47 Å². The van der Waals surface area contributed by atoms with Gasteiger partial charge in [0, 0.05) is 25.7 Å². The molecule has 1 aliphatic heterocycles. The largest absolute Gasteiger partial charge is 0.492 e. The number of ether oxygens (including phenoxy) is 2. The van der Waals surface area contributed by atoms with E-state index in [1.165, 1.54) is 0 Å². The van der Waals surface area contributed by atoms with Crippen molar-refractivity contribution in [3.63, 3.8) is 0 Å². The Balaban J connectivity index is 1.75. The van der Waals surface area contributed by atoms with Gasteiger partial charge in [-0.25, -0.2) is 0 Å². The van der Waals surface area contributed by atoms with Crippen LogP contribution in [0.2, 0.25) is 0 Å². The van der Waals surface area contributed by atoms with Crippen LogP contribution in [0.4, 0.5) is 0 Å². The monoisotopic (exact) mass is 231 g/mol. The van der Waals surface area contributed by atoms with Gasteiger partial charge in [-0.2, -0.15) is 5.26 Å². The molecule has 1 aromatic carbocycles. The molecule has 1 heterocycles. The van der Waals surface area contributed by atoms with E-state index >= 15 is 0 Å². The van der Waals surface area contributed by atoms with Crippen LogP contribution in [0.15, 0.2) is 18.2 Å². The summed E-state index contributed by atoms with van der Waals surface area (Å²) in [5, 5.41) is 8.73. The first kappa shape index (κ1) is 11.9. The molecule has 0 unspecified atom stereocenters. The second kappa shape index (κ2) is 6.24. The van der Waals surface area contributed by atoms with Crippen molar-refractivity contribution in [3.05, 3.63) is 29.8 Å². The predicted molar refractivity (Wildman–Crippen MR) is 62.7 cm³/mol. The van der Waals surface area contributed by atoms with E-state index in [-0.39, 0.29) is 0 Å². The zero-order valence-corrected chi connectivity index (χ0v) is 9.69. The van der Waals surface area contributed by atoms with Gasteiger partial charge in [-0.3, -0.25) is 4.90 Å². The van der Waals surface area contributed by atoms with Crippen LogP contribution in [-0.2, 0) is 4.74 Å². The molecule has 1 radical (unpaired) electrons. The first-order valence-corrected chi connectivity index (χ1v) is 5.73. The molecule has 0 N–H and O–H groups in total. The van der Waals surface area contributed by atoms with Crippen molar-refractivity contribution in [2.75, 3.05) is 39.5 Å². The fraction of sp³-hybridized carbons (Fsp3) is 0.462. The van der Waals surface area contributed by atoms with E-state index in [2.05, 4.69) is 11.0 Å². The fourth-order valence-electron chi connectivity index (χ4n) is 1.72. The fourth-order valence-corrected chi connectivity index (χ4v) is 1.72. The molecule has 0 aromatic heterocycles. The van der Waals surface area contributed by atoms with Gasteiger partial charge in [0.25, 0.3) is 0 Å². The molecule has 4 nitrogen and oxygen atoms in total. The van der Waals surface area contributed by atoms with Crippen LogP contribution in [0.1, 0.15) is 5.56 Å². The highest BCUT2D eigenvalue weighted by Crippen LogP contribution is 2.11. The average Bonchev–Trinajstić information content (AvgIpc) is 2.40. The number of morpholine rings is 1. The Hall–Kier alpha value is -1.57. The minimum Gasteiger partial charge on any atom is -0.492 e.